The summed E-state index contributed by atoms with van der Waals surface area (Å²) in [5, 5.41) is 0. The van der Waals surface area contributed by atoms with Crippen LogP contribution < -0.4 is 10.6 Å². The number of carbonyl (C=O) groups excluding carboxylic acids is 1. The second-order valence-electron chi connectivity index (χ2n) is 6.57. The number of carbonyl (C=O) groups is 1. The Morgan fingerprint density at radius 2 is 2.29 bits per heavy atom. The summed E-state index contributed by atoms with van der Waals surface area (Å²) in [5.74, 6) is -0.396. The number of primary amides is 1. The Labute approximate surface area is 144 Å². The summed E-state index contributed by atoms with van der Waals surface area (Å²) in [6.45, 7) is 6.39. The van der Waals surface area contributed by atoms with Crippen molar-refractivity contribution in [3.63, 3.8) is 0 Å². The molecule has 1 heterocycles. The summed E-state index contributed by atoms with van der Waals surface area (Å²) in [7, 11) is 0. The van der Waals surface area contributed by atoms with E-state index in [9.17, 15) is 13.7 Å². The van der Waals surface area contributed by atoms with Crippen molar-refractivity contribution in [1.29, 1.82) is 0 Å². The molecule has 0 radical (unpaired) electrons. The number of rotatable bonds is 5. The fraction of sp³-hybridized carbons (Fsp3) is 0.500. The van der Waals surface area contributed by atoms with Gasteiger partial charge < -0.3 is 19.9 Å². The predicted molar refractivity (Wildman–Crippen MR) is 93.2 cm³/mol. The molecule has 132 valence electrons. The minimum Gasteiger partial charge on any atom is -0.591 e. The van der Waals surface area contributed by atoms with E-state index in [0.29, 0.717) is 5.56 Å². The Kier molecular flexibility index (Phi) is 5.71. The Bertz CT molecular complexity index is 633. The summed E-state index contributed by atoms with van der Waals surface area (Å²) >= 11 is -1.43. The van der Waals surface area contributed by atoms with Gasteiger partial charge in [-0.15, -0.1) is 0 Å². The van der Waals surface area contributed by atoms with Crippen molar-refractivity contribution in [3.05, 3.63) is 29.6 Å². The van der Waals surface area contributed by atoms with Crippen molar-refractivity contribution >= 4 is 29.4 Å². The number of benzene rings is 1. The van der Waals surface area contributed by atoms with Gasteiger partial charge in [0, 0.05) is 17.8 Å². The number of nitrogens with zero attached hydrogens (tertiary/aromatic N) is 2. The van der Waals surface area contributed by atoms with Gasteiger partial charge in [-0.3, -0.25) is 0 Å². The van der Waals surface area contributed by atoms with Gasteiger partial charge in [-0.05, 0) is 45.4 Å². The fourth-order valence-corrected chi connectivity index (χ4v) is 2.79. The first-order valence-corrected chi connectivity index (χ1v) is 8.73. The summed E-state index contributed by atoms with van der Waals surface area (Å²) in [4.78, 5) is 12.7. The van der Waals surface area contributed by atoms with Crippen LogP contribution in [0.25, 0.3) is 0 Å². The van der Waals surface area contributed by atoms with E-state index in [1.165, 1.54) is 18.3 Å². The van der Waals surface area contributed by atoms with E-state index >= 15 is 0 Å². The smallest absolute Gasteiger partial charge is 0.404 e. The molecule has 6 nitrogen and oxygen atoms in total. The maximum Gasteiger partial charge on any atom is 0.404 e. The quantitative estimate of drug-likeness (QED) is 0.648. The van der Waals surface area contributed by atoms with E-state index in [-0.39, 0.29) is 12.6 Å². The highest BCUT2D eigenvalue weighted by molar-refractivity contribution is 7.91. The second kappa shape index (κ2) is 7.40. The molecule has 0 spiro atoms. The van der Waals surface area contributed by atoms with E-state index in [2.05, 4.69) is 4.40 Å². The molecule has 2 rings (SSSR count). The Balaban J connectivity index is 2.19. The van der Waals surface area contributed by atoms with Crippen LogP contribution in [0.1, 0.15) is 32.8 Å². The van der Waals surface area contributed by atoms with Gasteiger partial charge in [-0.25, -0.2) is 9.18 Å². The van der Waals surface area contributed by atoms with E-state index in [1.54, 1.807) is 6.07 Å². The summed E-state index contributed by atoms with van der Waals surface area (Å²) in [6.07, 6.45) is 1.46. The lowest BCUT2D eigenvalue weighted by Gasteiger charge is -2.43. The van der Waals surface area contributed by atoms with Gasteiger partial charge in [-0.1, -0.05) is 4.40 Å². The monoisotopic (exact) mass is 355 g/mol. The zero-order chi connectivity index (χ0) is 17.9. The summed E-state index contributed by atoms with van der Waals surface area (Å²) in [6, 6.07) is 4.34. The SMILES string of the molecule is CC(C)(C)[S@@+]([O-])/N=C/c1cc(F)ccc1N1CCC1COC(N)=O. The molecule has 1 aromatic rings. The molecule has 1 fully saturated rings. The molecular formula is C16H22FN3O3S. The van der Waals surface area contributed by atoms with Crippen LogP contribution in [0.5, 0.6) is 0 Å². The fourth-order valence-electron chi connectivity index (χ4n) is 2.26. The average molecular weight is 355 g/mol. The molecule has 1 saturated heterocycles. The first-order chi connectivity index (χ1) is 11.2. The first kappa shape index (κ1) is 18.5. The van der Waals surface area contributed by atoms with E-state index in [4.69, 9.17) is 10.5 Å². The molecule has 1 aliphatic heterocycles. The number of ether oxygens (including phenoxy) is 1. The number of nitrogens with two attached hydrogens (primary N) is 1. The molecule has 2 N–H and O–H groups in total. The van der Waals surface area contributed by atoms with E-state index in [0.717, 1.165) is 18.7 Å². The standard InChI is InChI=1S/C16H22FN3O3S/c1-16(2,3)24(22)19-9-11-8-12(17)4-5-14(11)20-7-6-13(20)10-23-15(18)21/h4-5,8-9,13H,6-7,10H2,1-3H3,(H2,18,21)/b19-9+/t13?,24-/m1/s1. The van der Waals surface area contributed by atoms with Crippen molar-refractivity contribution in [1.82, 2.24) is 0 Å². The molecule has 1 unspecified atom stereocenters. The lowest BCUT2D eigenvalue weighted by atomic mass is 10.0. The highest BCUT2D eigenvalue weighted by Gasteiger charge is 2.31. The van der Waals surface area contributed by atoms with Gasteiger partial charge in [-0.2, -0.15) is 0 Å². The highest BCUT2D eigenvalue weighted by Crippen LogP contribution is 2.30. The highest BCUT2D eigenvalue weighted by atomic mass is 32.2. The summed E-state index contributed by atoms with van der Waals surface area (Å²) < 4.78 is 34.1. The van der Waals surface area contributed by atoms with Crippen molar-refractivity contribution in [2.24, 2.45) is 10.1 Å². The average Bonchev–Trinajstić information content (AvgIpc) is 2.44. The van der Waals surface area contributed by atoms with Crippen molar-refractivity contribution in [2.45, 2.75) is 38.0 Å². The van der Waals surface area contributed by atoms with Gasteiger partial charge in [0.25, 0.3) is 0 Å². The number of hydrogen-bond acceptors (Lipinski definition) is 5. The first-order valence-electron chi connectivity index (χ1n) is 7.63. The van der Waals surface area contributed by atoms with Crippen LogP contribution in [-0.4, -0.2) is 40.8 Å². The van der Waals surface area contributed by atoms with Gasteiger partial charge in [0.15, 0.2) is 0 Å². The molecule has 1 amide bonds. The normalized spacial score (nSPS) is 19.2. The van der Waals surface area contributed by atoms with E-state index in [1.807, 2.05) is 25.7 Å². The number of anilines is 1. The zero-order valence-corrected chi connectivity index (χ0v) is 14.8. The van der Waals surface area contributed by atoms with Crippen LogP contribution >= 0.6 is 0 Å². The summed E-state index contributed by atoms with van der Waals surface area (Å²) in [5.41, 5.74) is 6.29. The lowest BCUT2D eigenvalue weighted by molar-refractivity contribution is 0.139. The van der Waals surface area contributed by atoms with Gasteiger partial charge in [0.05, 0.1) is 12.3 Å². The number of amides is 1. The van der Waals surface area contributed by atoms with Gasteiger partial charge >= 0.3 is 6.09 Å². The molecular weight excluding hydrogens is 333 g/mol. The molecule has 2 atom stereocenters. The van der Waals surface area contributed by atoms with Crippen LogP contribution in [0, 0.1) is 5.82 Å². The minimum atomic E-state index is -1.43. The van der Waals surface area contributed by atoms with Gasteiger partial charge in [0.2, 0.25) is 0 Å². The predicted octanol–water partition coefficient (Wildman–Crippen LogP) is 2.38. The third-order valence-corrected chi connectivity index (χ3v) is 5.02. The van der Waals surface area contributed by atoms with Crippen LogP contribution in [-0.2, 0) is 16.1 Å². The maximum absolute atomic E-state index is 13.6. The van der Waals surface area contributed by atoms with Crippen molar-refractivity contribution in [2.75, 3.05) is 18.1 Å². The Morgan fingerprint density at radius 1 is 1.58 bits per heavy atom. The van der Waals surface area contributed by atoms with Crippen LogP contribution in [0.3, 0.4) is 0 Å². The molecule has 1 aromatic carbocycles. The number of hydrogen-bond donors (Lipinski definition) is 1. The topological polar surface area (TPSA) is 91.0 Å². The molecule has 1 aliphatic rings. The van der Waals surface area contributed by atoms with Crippen LogP contribution in [0.2, 0.25) is 0 Å². The number of halogens is 1. The lowest BCUT2D eigenvalue weighted by Crippen LogP contribution is -2.51. The third-order valence-electron chi connectivity index (χ3n) is 3.67. The Morgan fingerprint density at radius 3 is 2.83 bits per heavy atom. The van der Waals surface area contributed by atoms with E-state index < -0.39 is 28.0 Å². The molecule has 0 bridgehead atoms. The second-order valence-corrected chi connectivity index (χ2v) is 8.50. The zero-order valence-electron chi connectivity index (χ0n) is 14.0. The van der Waals surface area contributed by atoms with Crippen LogP contribution in [0.4, 0.5) is 14.9 Å². The molecule has 0 aromatic heterocycles. The molecule has 0 aliphatic carbocycles. The minimum absolute atomic E-state index is 0.0109. The Hall–Kier alpha value is -1.80. The third kappa shape index (κ3) is 4.61. The van der Waals surface area contributed by atoms with Gasteiger partial charge in [0.1, 0.15) is 28.5 Å². The maximum atomic E-state index is 13.6. The molecule has 0 saturated carbocycles. The largest absolute Gasteiger partial charge is 0.591 e. The molecule has 8 heteroatoms. The van der Waals surface area contributed by atoms with Crippen LogP contribution in [0.15, 0.2) is 22.6 Å². The van der Waals surface area contributed by atoms with Crippen molar-refractivity contribution < 1.29 is 18.5 Å². The van der Waals surface area contributed by atoms with Crippen molar-refractivity contribution in [3.8, 4) is 0 Å². The molecule has 24 heavy (non-hydrogen) atoms.